The summed E-state index contributed by atoms with van der Waals surface area (Å²) in [5, 5.41) is 7.00. The van der Waals surface area contributed by atoms with Crippen LogP contribution in [0.5, 0.6) is 5.75 Å². The van der Waals surface area contributed by atoms with Crippen molar-refractivity contribution >= 4 is 0 Å². The predicted octanol–water partition coefficient (Wildman–Crippen LogP) is 9.47. The van der Waals surface area contributed by atoms with Crippen LogP contribution in [-0.2, 0) is 32.2 Å². The minimum Gasteiger partial charge on any atom is -0.493 e. The van der Waals surface area contributed by atoms with Crippen molar-refractivity contribution in [3.8, 4) is 16.9 Å². The normalized spacial score (nSPS) is 14.3. The standard InChI is InChI=1S/C23H36FNO.C15H16.CH4O/c1-2-10-19-17-23(26-16-8-3-5-13-24)22(21-12-9-11-20(19)21)18-25-14-6-4-7-15-25;1-3-13-10-7-11-15(12(13)2)14-8-5-4-6-9-14;1-2/h17H,2-16,18H2,1H3;4-11H,3H2,1-2H3;2H,1H3. The topological polar surface area (TPSA) is 32.7 Å². The van der Waals surface area contributed by atoms with Gasteiger partial charge in [0.25, 0.3) is 0 Å². The Morgan fingerprint density at radius 1 is 0.814 bits per heavy atom. The van der Waals surface area contributed by atoms with Crippen molar-refractivity contribution in [1.82, 2.24) is 4.90 Å². The molecule has 0 bridgehead atoms. The molecule has 4 heteroatoms. The van der Waals surface area contributed by atoms with Crippen LogP contribution in [0.25, 0.3) is 11.1 Å². The highest BCUT2D eigenvalue weighted by Gasteiger charge is 2.24. The van der Waals surface area contributed by atoms with Gasteiger partial charge in [0.2, 0.25) is 0 Å². The van der Waals surface area contributed by atoms with E-state index in [1.807, 2.05) is 0 Å². The van der Waals surface area contributed by atoms with Crippen LogP contribution in [0.3, 0.4) is 0 Å². The number of likely N-dealkylation sites (tertiary alicyclic amines) is 1. The van der Waals surface area contributed by atoms with Crippen LogP contribution in [0, 0.1) is 6.92 Å². The molecule has 0 aromatic heterocycles. The van der Waals surface area contributed by atoms with E-state index in [-0.39, 0.29) is 6.67 Å². The summed E-state index contributed by atoms with van der Waals surface area (Å²) in [5.41, 5.74) is 11.7. The maximum Gasteiger partial charge on any atom is 0.124 e. The molecule has 5 rings (SSSR count). The summed E-state index contributed by atoms with van der Waals surface area (Å²) in [6, 6.07) is 19.5. The van der Waals surface area contributed by atoms with Crippen molar-refractivity contribution in [3.05, 3.63) is 88.0 Å². The Hall–Kier alpha value is -2.69. The molecule has 3 aromatic rings. The molecule has 1 heterocycles. The van der Waals surface area contributed by atoms with E-state index in [9.17, 15) is 4.39 Å². The van der Waals surface area contributed by atoms with Crippen LogP contribution in [-0.4, -0.2) is 43.5 Å². The first-order valence-electron chi connectivity index (χ1n) is 16.8. The molecular formula is C39H56FNO2. The summed E-state index contributed by atoms with van der Waals surface area (Å²) in [7, 11) is 1.00. The van der Waals surface area contributed by atoms with Crippen molar-refractivity contribution < 1.29 is 14.2 Å². The number of benzene rings is 3. The maximum atomic E-state index is 12.3. The van der Waals surface area contributed by atoms with Gasteiger partial charge < -0.3 is 9.84 Å². The van der Waals surface area contributed by atoms with Crippen LogP contribution < -0.4 is 4.74 Å². The summed E-state index contributed by atoms with van der Waals surface area (Å²) < 4.78 is 18.6. The van der Waals surface area contributed by atoms with Gasteiger partial charge in [-0.25, -0.2) is 0 Å². The predicted molar refractivity (Wildman–Crippen MR) is 181 cm³/mol. The number of ether oxygens (including phenoxy) is 1. The first kappa shape index (κ1) is 34.8. The van der Waals surface area contributed by atoms with Crippen molar-refractivity contribution in [2.24, 2.45) is 0 Å². The summed E-state index contributed by atoms with van der Waals surface area (Å²) >= 11 is 0. The Kier molecular flexibility index (Phi) is 15.8. The SMILES string of the molecule is CCCc1cc(OCCCCCF)c(CN2CCCCC2)c2c1CCC2.CCc1cccc(-c2ccccc2)c1C.CO. The number of hydrogen-bond acceptors (Lipinski definition) is 3. The van der Waals surface area contributed by atoms with Gasteiger partial charge >= 0.3 is 0 Å². The molecule has 1 fully saturated rings. The molecule has 43 heavy (non-hydrogen) atoms. The van der Waals surface area contributed by atoms with Crippen molar-refractivity contribution in [3.63, 3.8) is 0 Å². The molecule has 0 amide bonds. The molecule has 2 aliphatic rings. The number of rotatable bonds is 12. The maximum absolute atomic E-state index is 12.3. The smallest absolute Gasteiger partial charge is 0.124 e. The van der Waals surface area contributed by atoms with Gasteiger partial charge in [0.15, 0.2) is 0 Å². The molecule has 0 saturated carbocycles. The Balaban J connectivity index is 0.000000252. The molecule has 0 atom stereocenters. The largest absolute Gasteiger partial charge is 0.493 e. The number of aliphatic hydroxyl groups is 1. The molecule has 236 valence electrons. The lowest BCUT2D eigenvalue weighted by molar-refractivity contribution is 0.214. The molecule has 1 aliphatic carbocycles. The number of nitrogens with zero attached hydrogens (tertiary/aromatic N) is 1. The zero-order chi connectivity index (χ0) is 30.9. The quantitative estimate of drug-likeness (QED) is 0.214. The van der Waals surface area contributed by atoms with E-state index in [2.05, 4.69) is 80.3 Å². The lowest BCUT2D eigenvalue weighted by atomic mass is 9.94. The van der Waals surface area contributed by atoms with Gasteiger partial charge in [-0.1, -0.05) is 75.2 Å². The van der Waals surface area contributed by atoms with E-state index in [1.54, 1.807) is 11.1 Å². The van der Waals surface area contributed by atoms with Crippen LogP contribution in [0.4, 0.5) is 4.39 Å². The fraction of sp³-hybridized carbons (Fsp3) is 0.538. The van der Waals surface area contributed by atoms with Gasteiger partial charge in [-0.3, -0.25) is 9.29 Å². The van der Waals surface area contributed by atoms with Crippen molar-refractivity contribution in [1.29, 1.82) is 0 Å². The summed E-state index contributed by atoms with van der Waals surface area (Å²) in [6.07, 6.45) is 13.8. The number of unbranched alkanes of at least 4 members (excludes halogenated alkanes) is 2. The van der Waals surface area contributed by atoms with E-state index in [1.165, 1.54) is 91.4 Å². The van der Waals surface area contributed by atoms with Crippen LogP contribution >= 0.6 is 0 Å². The van der Waals surface area contributed by atoms with Gasteiger partial charge in [-0.15, -0.1) is 0 Å². The Bertz CT molecular complexity index is 1200. The molecule has 0 radical (unpaired) electrons. The summed E-state index contributed by atoms with van der Waals surface area (Å²) in [5.74, 6) is 1.12. The third-order valence-corrected chi connectivity index (χ3v) is 8.87. The molecule has 1 aliphatic heterocycles. The number of alkyl halides is 1. The Morgan fingerprint density at radius 2 is 1.56 bits per heavy atom. The number of aliphatic hydroxyl groups excluding tert-OH is 1. The van der Waals surface area contributed by atoms with E-state index in [0.717, 1.165) is 51.7 Å². The number of hydrogen-bond donors (Lipinski definition) is 1. The summed E-state index contributed by atoms with van der Waals surface area (Å²) in [6.45, 7) is 10.7. The van der Waals surface area contributed by atoms with Crippen LogP contribution in [0.2, 0.25) is 0 Å². The van der Waals surface area contributed by atoms with Crippen LogP contribution in [0.1, 0.15) is 98.6 Å². The average Bonchev–Trinajstić information content (AvgIpc) is 3.56. The van der Waals surface area contributed by atoms with Gasteiger partial charge in [0.1, 0.15) is 5.75 Å². The summed E-state index contributed by atoms with van der Waals surface area (Å²) in [4.78, 5) is 2.62. The minimum atomic E-state index is -0.209. The second-order valence-corrected chi connectivity index (χ2v) is 11.8. The number of fused-ring (bicyclic) bond motifs is 1. The van der Waals surface area contributed by atoms with Crippen molar-refractivity contribution in [2.75, 3.05) is 33.5 Å². The van der Waals surface area contributed by atoms with E-state index in [0.29, 0.717) is 6.42 Å². The van der Waals surface area contributed by atoms with Crippen LogP contribution in [0.15, 0.2) is 54.6 Å². The van der Waals surface area contributed by atoms with E-state index < -0.39 is 0 Å². The highest BCUT2D eigenvalue weighted by atomic mass is 19.1. The lowest BCUT2D eigenvalue weighted by Gasteiger charge is -2.29. The van der Waals surface area contributed by atoms with E-state index in [4.69, 9.17) is 9.84 Å². The second kappa shape index (κ2) is 19.6. The van der Waals surface area contributed by atoms with Gasteiger partial charge in [0.05, 0.1) is 13.3 Å². The number of aryl methyl sites for hydroxylation is 2. The molecule has 1 N–H and O–H groups in total. The highest BCUT2D eigenvalue weighted by Crippen LogP contribution is 2.37. The lowest BCUT2D eigenvalue weighted by Crippen LogP contribution is -2.29. The second-order valence-electron chi connectivity index (χ2n) is 11.8. The highest BCUT2D eigenvalue weighted by molar-refractivity contribution is 5.68. The molecular weight excluding hydrogens is 533 g/mol. The third kappa shape index (κ3) is 10.2. The molecule has 1 saturated heterocycles. The zero-order valence-electron chi connectivity index (χ0n) is 27.4. The number of piperidine rings is 1. The van der Waals surface area contributed by atoms with Gasteiger partial charge in [0, 0.05) is 19.2 Å². The van der Waals surface area contributed by atoms with E-state index >= 15 is 0 Å². The Labute approximate surface area is 261 Å². The molecule has 0 unspecified atom stereocenters. The monoisotopic (exact) mass is 589 g/mol. The zero-order valence-corrected chi connectivity index (χ0v) is 27.4. The minimum absolute atomic E-state index is 0.209. The van der Waals surface area contributed by atoms with Gasteiger partial charge in [-0.05, 0) is 129 Å². The first-order chi connectivity index (χ1) is 21.2. The Morgan fingerprint density at radius 3 is 2.26 bits per heavy atom. The average molecular weight is 590 g/mol. The molecule has 3 nitrogen and oxygen atoms in total. The van der Waals surface area contributed by atoms with Crippen molar-refractivity contribution in [2.45, 2.75) is 104 Å². The number of halogens is 1. The third-order valence-electron chi connectivity index (χ3n) is 8.87. The fourth-order valence-corrected chi connectivity index (χ4v) is 6.60. The fourth-order valence-electron chi connectivity index (χ4n) is 6.60. The first-order valence-corrected chi connectivity index (χ1v) is 16.8. The van der Waals surface area contributed by atoms with Gasteiger partial charge in [-0.2, -0.15) is 0 Å². The molecule has 3 aromatic carbocycles. The molecule has 0 spiro atoms.